The zero-order chi connectivity index (χ0) is 11.8. The van der Waals surface area contributed by atoms with Crippen molar-refractivity contribution in [1.29, 1.82) is 0 Å². The lowest BCUT2D eigenvalue weighted by Crippen LogP contribution is -2.29. The highest BCUT2D eigenvalue weighted by atomic mass is 16.5. The standard InChI is InChI=1S/C12H17NO3/c1-3-8-13-12(14)9-16-11-6-4-10(15-2)5-7-11/h4-7H,3,8-9H2,1-2H3,(H,13,14). The first kappa shape index (κ1) is 12.4. The molecule has 16 heavy (non-hydrogen) atoms. The Kier molecular flexibility index (Phi) is 5.19. The molecule has 0 bridgehead atoms. The normalized spacial score (nSPS) is 9.62. The van der Waals surface area contributed by atoms with E-state index in [1.807, 2.05) is 6.92 Å². The van der Waals surface area contributed by atoms with Crippen LogP contribution in [0.4, 0.5) is 0 Å². The Morgan fingerprint density at radius 2 is 1.88 bits per heavy atom. The van der Waals surface area contributed by atoms with E-state index in [9.17, 15) is 4.79 Å². The summed E-state index contributed by atoms with van der Waals surface area (Å²) in [5.41, 5.74) is 0. The number of amides is 1. The average Bonchev–Trinajstić information content (AvgIpc) is 2.34. The number of rotatable bonds is 6. The molecule has 0 saturated carbocycles. The van der Waals surface area contributed by atoms with Crippen LogP contribution >= 0.6 is 0 Å². The second kappa shape index (κ2) is 6.71. The number of nitrogens with one attached hydrogen (secondary N) is 1. The molecule has 0 heterocycles. The van der Waals surface area contributed by atoms with Gasteiger partial charge in [0.05, 0.1) is 7.11 Å². The lowest BCUT2D eigenvalue weighted by molar-refractivity contribution is -0.123. The average molecular weight is 223 g/mol. The highest BCUT2D eigenvalue weighted by molar-refractivity contribution is 5.77. The fourth-order valence-corrected chi connectivity index (χ4v) is 1.14. The van der Waals surface area contributed by atoms with E-state index in [1.165, 1.54) is 0 Å². The molecule has 0 fully saturated rings. The largest absolute Gasteiger partial charge is 0.497 e. The molecule has 0 aromatic heterocycles. The fraction of sp³-hybridized carbons (Fsp3) is 0.417. The van der Waals surface area contributed by atoms with Gasteiger partial charge < -0.3 is 14.8 Å². The molecule has 1 aromatic carbocycles. The van der Waals surface area contributed by atoms with Gasteiger partial charge in [0.2, 0.25) is 0 Å². The number of hydrogen-bond donors (Lipinski definition) is 1. The van der Waals surface area contributed by atoms with Crippen LogP contribution in [0.1, 0.15) is 13.3 Å². The first-order valence-corrected chi connectivity index (χ1v) is 5.29. The smallest absolute Gasteiger partial charge is 0.257 e. The van der Waals surface area contributed by atoms with Gasteiger partial charge in [0, 0.05) is 6.54 Å². The van der Waals surface area contributed by atoms with Crippen molar-refractivity contribution in [2.24, 2.45) is 0 Å². The van der Waals surface area contributed by atoms with E-state index in [0.29, 0.717) is 12.3 Å². The third kappa shape index (κ3) is 4.21. The number of hydrogen-bond acceptors (Lipinski definition) is 3. The molecule has 0 aliphatic heterocycles. The quantitative estimate of drug-likeness (QED) is 0.796. The third-order valence-corrected chi connectivity index (χ3v) is 2.00. The van der Waals surface area contributed by atoms with Crippen LogP contribution in [0.2, 0.25) is 0 Å². The monoisotopic (exact) mass is 223 g/mol. The van der Waals surface area contributed by atoms with E-state index in [1.54, 1.807) is 31.4 Å². The van der Waals surface area contributed by atoms with Gasteiger partial charge in [0.25, 0.3) is 5.91 Å². The summed E-state index contributed by atoms with van der Waals surface area (Å²) >= 11 is 0. The van der Waals surface area contributed by atoms with Gasteiger partial charge in [-0.1, -0.05) is 6.92 Å². The Hall–Kier alpha value is -1.71. The molecule has 0 aliphatic carbocycles. The summed E-state index contributed by atoms with van der Waals surface area (Å²) in [6.45, 7) is 2.74. The van der Waals surface area contributed by atoms with E-state index in [2.05, 4.69) is 5.32 Å². The Morgan fingerprint density at radius 1 is 1.25 bits per heavy atom. The van der Waals surface area contributed by atoms with Crippen LogP contribution < -0.4 is 14.8 Å². The molecule has 1 N–H and O–H groups in total. The minimum atomic E-state index is -0.0994. The summed E-state index contributed by atoms with van der Waals surface area (Å²) in [6, 6.07) is 7.12. The maximum Gasteiger partial charge on any atom is 0.257 e. The summed E-state index contributed by atoms with van der Waals surface area (Å²) in [7, 11) is 1.61. The van der Waals surface area contributed by atoms with Crippen LogP contribution in [0.15, 0.2) is 24.3 Å². The molecule has 1 rings (SSSR count). The molecule has 4 heteroatoms. The molecule has 4 nitrogen and oxygen atoms in total. The van der Waals surface area contributed by atoms with Crippen molar-refractivity contribution in [2.75, 3.05) is 20.3 Å². The minimum Gasteiger partial charge on any atom is -0.497 e. The number of ether oxygens (including phenoxy) is 2. The minimum absolute atomic E-state index is 0.0479. The van der Waals surface area contributed by atoms with E-state index in [0.717, 1.165) is 12.2 Å². The second-order valence-electron chi connectivity index (χ2n) is 3.31. The SMILES string of the molecule is CCCNC(=O)COc1ccc(OC)cc1. The summed E-state index contributed by atoms with van der Waals surface area (Å²) < 4.78 is 10.3. The van der Waals surface area contributed by atoms with Gasteiger partial charge >= 0.3 is 0 Å². The van der Waals surface area contributed by atoms with Crippen molar-refractivity contribution in [1.82, 2.24) is 5.32 Å². The topological polar surface area (TPSA) is 47.6 Å². The Balaban J connectivity index is 2.33. The van der Waals surface area contributed by atoms with Crippen LogP contribution in [0.5, 0.6) is 11.5 Å². The van der Waals surface area contributed by atoms with Crippen molar-refractivity contribution in [3.63, 3.8) is 0 Å². The second-order valence-corrected chi connectivity index (χ2v) is 3.31. The van der Waals surface area contributed by atoms with Gasteiger partial charge in [-0.05, 0) is 30.7 Å². The molecule has 0 radical (unpaired) electrons. The van der Waals surface area contributed by atoms with E-state index in [-0.39, 0.29) is 12.5 Å². The van der Waals surface area contributed by atoms with Crippen molar-refractivity contribution < 1.29 is 14.3 Å². The maximum absolute atomic E-state index is 11.2. The molecular weight excluding hydrogens is 206 g/mol. The van der Waals surface area contributed by atoms with Gasteiger partial charge in [0.1, 0.15) is 11.5 Å². The lowest BCUT2D eigenvalue weighted by atomic mass is 10.3. The maximum atomic E-state index is 11.2. The fourth-order valence-electron chi connectivity index (χ4n) is 1.14. The zero-order valence-corrected chi connectivity index (χ0v) is 9.66. The summed E-state index contributed by atoms with van der Waals surface area (Å²) in [6.07, 6.45) is 0.925. The molecule has 1 amide bonds. The molecule has 0 saturated heterocycles. The van der Waals surface area contributed by atoms with Crippen LogP contribution in [0.25, 0.3) is 0 Å². The predicted octanol–water partition coefficient (Wildman–Crippen LogP) is 1.60. The van der Waals surface area contributed by atoms with Gasteiger partial charge in [-0.3, -0.25) is 4.79 Å². The molecule has 0 atom stereocenters. The highest BCUT2D eigenvalue weighted by Crippen LogP contribution is 2.16. The van der Waals surface area contributed by atoms with Crippen LogP contribution in [-0.4, -0.2) is 26.2 Å². The Labute approximate surface area is 95.6 Å². The van der Waals surface area contributed by atoms with Crippen molar-refractivity contribution >= 4 is 5.91 Å². The van der Waals surface area contributed by atoms with Gasteiger partial charge in [-0.25, -0.2) is 0 Å². The Morgan fingerprint density at radius 3 is 2.44 bits per heavy atom. The van der Waals surface area contributed by atoms with E-state index in [4.69, 9.17) is 9.47 Å². The number of carbonyl (C=O) groups excluding carboxylic acids is 1. The van der Waals surface area contributed by atoms with Gasteiger partial charge in [-0.2, -0.15) is 0 Å². The first-order chi connectivity index (χ1) is 7.76. The van der Waals surface area contributed by atoms with Crippen molar-refractivity contribution in [2.45, 2.75) is 13.3 Å². The summed E-state index contributed by atoms with van der Waals surface area (Å²) in [5.74, 6) is 1.33. The molecule has 0 unspecified atom stereocenters. The molecular formula is C12H17NO3. The van der Waals surface area contributed by atoms with Gasteiger partial charge in [0.15, 0.2) is 6.61 Å². The number of methoxy groups -OCH3 is 1. The highest BCUT2D eigenvalue weighted by Gasteiger charge is 2.01. The van der Waals surface area contributed by atoms with Gasteiger partial charge in [-0.15, -0.1) is 0 Å². The number of carbonyl (C=O) groups is 1. The van der Waals surface area contributed by atoms with Crippen LogP contribution in [-0.2, 0) is 4.79 Å². The summed E-state index contributed by atoms with van der Waals surface area (Å²) in [5, 5.41) is 2.74. The predicted molar refractivity (Wildman–Crippen MR) is 61.8 cm³/mol. The third-order valence-electron chi connectivity index (χ3n) is 2.00. The zero-order valence-electron chi connectivity index (χ0n) is 9.66. The molecule has 88 valence electrons. The van der Waals surface area contributed by atoms with E-state index < -0.39 is 0 Å². The van der Waals surface area contributed by atoms with Crippen LogP contribution in [0, 0.1) is 0 Å². The van der Waals surface area contributed by atoms with E-state index >= 15 is 0 Å². The summed E-state index contributed by atoms with van der Waals surface area (Å²) in [4.78, 5) is 11.2. The molecule has 1 aromatic rings. The first-order valence-electron chi connectivity index (χ1n) is 5.29. The van der Waals surface area contributed by atoms with Crippen molar-refractivity contribution in [3.05, 3.63) is 24.3 Å². The van der Waals surface area contributed by atoms with Crippen LogP contribution in [0.3, 0.4) is 0 Å². The number of benzene rings is 1. The lowest BCUT2D eigenvalue weighted by Gasteiger charge is -2.07. The van der Waals surface area contributed by atoms with Crippen molar-refractivity contribution in [3.8, 4) is 11.5 Å². The Bertz CT molecular complexity index is 322. The molecule has 0 aliphatic rings. The molecule has 0 spiro atoms.